The van der Waals surface area contributed by atoms with E-state index in [1.807, 2.05) is 6.08 Å². The molecular formula is C25H34O7. The smallest absolute Gasteiger partial charge is 0.341 e. The van der Waals surface area contributed by atoms with Crippen LogP contribution in [0.1, 0.15) is 46.5 Å². The standard InChI is InChI=1S/C25H34O7/c1-15(2)6-4-7-16(3)12-17(26)10-11-18-19(27)13-22-24(18)31-21-9-5-8-20(25(21)32-22)30-14-23(28)29/h5-6,8-11,16-19,22,24,26-27H,4,7,12-14H2,1-3H3,(H,28,29)/b11-10+. The Morgan fingerprint density at radius 2 is 2.09 bits per heavy atom. The molecule has 1 aliphatic heterocycles. The van der Waals surface area contributed by atoms with E-state index >= 15 is 0 Å². The monoisotopic (exact) mass is 446 g/mol. The van der Waals surface area contributed by atoms with Crippen molar-refractivity contribution in [2.45, 2.75) is 70.9 Å². The quantitative estimate of drug-likeness (QED) is 0.470. The molecule has 6 atom stereocenters. The van der Waals surface area contributed by atoms with Crippen LogP contribution in [0.25, 0.3) is 0 Å². The number of aliphatic carboxylic acids is 1. The number of allylic oxidation sites excluding steroid dienone is 2. The minimum absolute atomic E-state index is 0.300. The Morgan fingerprint density at radius 3 is 2.81 bits per heavy atom. The summed E-state index contributed by atoms with van der Waals surface area (Å²) in [5.74, 6) is 0.106. The molecule has 3 N–H and O–H groups in total. The molecule has 32 heavy (non-hydrogen) atoms. The number of aliphatic hydroxyl groups is 2. The van der Waals surface area contributed by atoms with Gasteiger partial charge in [-0.05, 0) is 51.2 Å². The third kappa shape index (κ3) is 6.26. The van der Waals surface area contributed by atoms with Crippen LogP contribution >= 0.6 is 0 Å². The Kier molecular flexibility index (Phi) is 8.21. The first-order valence-electron chi connectivity index (χ1n) is 11.2. The van der Waals surface area contributed by atoms with Gasteiger partial charge in [-0.1, -0.05) is 36.8 Å². The highest BCUT2D eigenvalue weighted by Gasteiger charge is 2.47. The first-order valence-corrected chi connectivity index (χ1v) is 11.2. The summed E-state index contributed by atoms with van der Waals surface area (Å²) in [7, 11) is 0. The summed E-state index contributed by atoms with van der Waals surface area (Å²) in [5.41, 5.74) is 1.30. The number of carboxylic acid groups (broad SMARTS) is 1. The summed E-state index contributed by atoms with van der Waals surface area (Å²) < 4.78 is 17.5. The normalized spacial score (nSPS) is 25.8. The Balaban J connectivity index is 1.61. The molecule has 1 fully saturated rings. The van der Waals surface area contributed by atoms with E-state index in [9.17, 15) is 15.0 Å². The second-order valence-electron chi connectivity index (χ2n) is 9.04. The van der Waals surface area contributed by atoms with Gasteiger partial charge < -0.3 is 29.5 Å². The minimum atomic E-state index is -1.08. The number of carbonyl (C=O) groups is 1. The van der Waals surface area contributed by atoms with Crippen LogP contribution in [0, 0.1) is 11.8 Å². The maximum atomic E-state index is 10.8. The van der Waals surface area contributed by atoms with Gasteiger partial charge in [0.05, 0.1) is 12.2 Å². The molecule has 1 aliphatic carbocycles. The zero-order valence-corrected chi connectivity index (χ0v) is 18.9. The highest BCUT2D eigenvalue weighted by Crippen LogP contribution is 2.46. The summed E-state index contributed by atoms with van der Waals surface area (Å²) in [6.07, 6.45) is 6.83. The van der Waals surface area contributed by atoms with E-state index in [0.717, 1.165) is 12.8 Å². The van der Waals surface area contributed by atoms with Crippen molar-refractivity contribution in [1.82, 2.24) is 0 Å². The number of fused-ring (bicyclic) bond motifs is 2. The summed E-state index contributed by atoms with van der Waals surface area (Å²) in [5, 5.41) is 29.9. The lowest BCUT2D eigenvalue weighted by Gasteiger charge is -2.32. The molecule has 0 amide bonds. The lowest BCUT2D eigenvalue weighted by atomic mass is 9.95. The van der Waals surface area contributed by atoms with Crippen LogP contribution in [0.3, 0.4) is 0 Å². The largest absolute Gasteiger partial charge is 0.482 e. The third-order valence-corrected chi connectivity index (χ3v) is 5.90. The fraction of sp³-hybridized carbons (Fsp3) is 0.560. The molecule has 1 heterocycles. The van der Waals surface area contributed by atoms with Crippen LogP contribution < -0.4 is 14.2 Å². The number of ether oxygens (including phenoxy) is 3. The predicted octanol–water partition coefficient (Wildman–Crippen LogP) is 3.73. The van der Waals surface area contributed by atoms with Crippen molar-refractivity contribution in [2.24, 2.45) is 11.8 Å². The van der Waals surface area contributed by atoms with E-state index in [-0.39, 0.29) is 12.0 Å². The van der Waals surface area contributed by atoms with Gasteiger partial charge in [0.25, 0.3) is 0 Å². The van der Waals surface area contributed by atoms with Crippen molar-refractivity contribution in [1.29, 1.82) is 0 Å². The van der Waals surface area contributed by atoms with Gasteiger partial charge in [0.2, 0.25) is 5.75 Å². The van der Waals surface area contributed by atoms with E-state index in [1.54, 1.807) is 24.3 Å². The summed E-state index contributed by atoms with van der Waals surface area (Å²) >= 11 is 0. The van der Waals surface area contributed by atoms with E-state index in [0.29, 0.717) is 36.0 Å². The van der Waals surface area contributed by atoms with Gasteiger partial charge in [0.1, 0.15) is 12.2 Å². The fourth-order valence-electron chi connectivity index (χ4n) is 4.28. The van der Waals surface area contributed by atoms with Gasteiger partial charge in [-0.3, -0.25) is 0 Å². The number of hydrogen-bond donors (Lipinski definition) is 3. The van der Waals surface area contributed by atoms with Crippen LogP contribution in [0.5, 0.6) is 17.2 Å². The number of carboxylic acids is 1. The number of para-hydroxylation sites is 1. The Labute approximate surface area is 189 Å². The molecule has 2 aliphatic rings. The van der Waals surface area contributed by atoms with Crippen molar-refractivity contribution in [3.63, 3.8) is 0 Å². The van der Waals surface area contributed by atoms with Crippen LogP contribution in [-0.4, -0.2) is 52.3 Å². The highest BCUT2D eigenvalue weighted by molar-refractivity contribution is 5.68. The van der Waals surface area contributed by atoms with E-state index in [2.05, 4.69) is 26.8 Å². The van der Waals surface area contributed by atoms with Crippen LogP contribution in [0.2, 0.25) is 0 Å². The molecule has 6 unspecified atom stereocenters. The molecule has 0 bridgehead atoms. The molecule has 7 heteroatoms. The van der Waals surface area contributed by atoms with Crippen LogP contribution in [0.4, 0.5) is 0 Å². The Bertz CT molecular complexity index is 843. The number of hydrogen-bond acceptors (Lipinski definition) is 6. The molecule has 7 nitrogen and oxygen atoms in total. The number of rotatable bonds is 10. The molecule has 0 spiro atoms. The van der Waals surface area contributed by atoms with Crippen LogP contribution in [-0.2, 0) is 4.79 Å². The molecule has 1 aromatic rings. The topological polar surface area (TPSA) is 105 Å². The van der Waals surface area contributed by atoms with Gasteiger partial charge in [-0.15, -0.1) is 0 Å². The first kappa shape index (κ1) is 24.1. The maximum absolute atomic E-state index is 10.8. The van der Waals surface area contributed by atoms with Gasteiger partial charge in [0.15, 0.2) is 18.1 Å². The van der Waals surface area contributed by atoms with E-state index < -0.39 is 30.9 Å². The van der Waals surface area contributed by atoms with Gasteiger partial charge >= 0.3 is 5.97 Å². The molecule has 0 radical (unpaired) electrons. The molecular weight excluding hydrogens is 412 g/mol. The van der Waals surface area contributed by atoms with Gasteiger partial charge in [0, 0.05) is 12.3 Å². The minimum Gasteiger partial charge on any atom is -0.482 e. The van der Waals surface area contributed by atoms with Crippen molar-refractivity contribution in [3.8, 4) is 17.2 Å². The average molecular weight is 447 g/mol. The fourth-order valence-corrected chi connectivity index (χ4v) is 4.28. The lowest BCUT2D eigenvalue weighted by molar-refractivity contribution is -0.139. The Morgan fingerprint density at radius 1 is 1.31 bits per heavy atom. The van der Waals surface area contributed by atoms with Crippen molar-refractivity contribution < 1.29 is 34.3 Å². The molecule has 3 rings (SSSR count). The predicted molar refractivity (Wildman–Crippen MR) is 120 cm³/mol. The van der Waals surface area contributed by atoms with E-state index in [1.165, 1.54) is 5.57 Å². The maximum Gasteiger partial charge on any atom is 0.341 e. The highest BCUT2D eigenvalue weighted by atomic mass is 16.6. The second-order valence-corrected chi connectivity index (χ2v) is 9.04. The number of benzene rings is 1. The summed E-state index contributed by atoms with van der Waals surface area (Å²) in [6, 6.07) is 5.06. The average Bonchev–Trinajstić information content (AvgIpc) is 3.02. The third-order valence-electron chi connectivity index (χ3n) is 5.90. The molecule has 0 aromatic heterocycles. The Hall–Kier alpha value is -2.51. The molecule has 176 valence electrons. The van der Waals surface area contributed by atoms with E-state index in [4.69, 9.17) is 19.3 Å². The molecule has 1 aromatic carbocycles. The first-order chi connectivity index (χ1) is 15.2. The zero-order chi connectivity index (χ0) is 23.3. The summed E-state index contributed by atoms with van der Waals surface area (Å²) in [6.45, 7) is 5.82. The van der Waals surface area contributed by atoms with Crippen molar-refractivity contribution in [3.05, 3.63) is 42.0 Å². The second kappa shape index (κ2) is 10.9. The van der Waals surface area contributed by atoms with Gasteiger partial charge in [-0.25, -0.2) is 4.79 Å². The zero-order valence-electron chi connectivity index (χ0n) is 18.9. The number of aliphatic hydroxyl groups excluding tert-OH is 2. The molecule has 1 saturated carbocycles. The lowest BCUT2D eigenvalue weighted by Crippen LogP contribution is -2.39. The van der Waals surface area contributed by atoms with Crippen molar-refractivity contribution >= 4 is 5.97 Å². The summed E-state index contributed by atoms with van der Waals surface area (Å²) in [4.78, 5) is 10.8. The molecule has 0 saturated heterocycles. The van der Waals surface area contributed by atoms with Crippen LogP contribution in [0.15, 0.2) is 42.0 Å². The SMILES string of the molecule is CC(C)=CCCC(C)CC(O)/C=C/C1C(O)CC2Oc3c(OCC(=O)O)cccc3OC21. The van der Waals surface area contributed by atoms with Crippen molar-refractivity contribution in [2.75, 3.05) is 6.61 Å². The van der Waals surface area contributed by atoms with Gasteiger partial charge in [-0.2, -0.15) is 0 Å².